The molecule has 70 heavy (non-hydrogen) atoms. The Balaban J connectivity index is 0.781. The predicted octanol–water partition coefficient (Wildman–Crippen LogP) is 15.9. The maximum atomic E-state index is 8.94. The number of nitrogens with zero attached hydrogens (tertiary/aromatic N) is 9. The second-order valence-corrected chi connectivity index (χ2v) is 16.8. The number of aromatic nitrogens is 3. The number of rotatable bonds is 32. The van der Waals surface area contributed by atoms with Crippen molar-refractivity contribution in [1.82, 2.24) is 15.0 Å². The molecule has 6 aromatic rings. The standard InChI is InChI=1S/C57H63N9O4/c1-2-45-19-25-48(26-20-45)55-60-56(69-41-17-13-9-5-3-7-11-15-39-67-53-35-31-51(32-36-53)65-63-49-27-21-46(43-58)22-28-49)62-57(61-55)70-42-18-14-10-6-4-8-12-16-40-68-54-37-33-52(34-38-54)66-64-50-29-23-47(44-59)24-30-50/h2,19-38H,1,3-18,39-42H2. The molecular formula is C57H63N9O4. The quantitative estimate of drug-likeness (QED) is 0.0295. The fourth-order valence-corrected chi connectivity index (χ4v) is 7.26. The van der Waals surface area contributed by atoms with Crippen molar-refractivity contribution in [2.75, 3.05) is 26.4 Å². The van der Waals surface area contributed by atoms with Crippen LogP contribution in [0.3, 0.4) is 0 Å². The van der Waals surface area contributed by atoms with E-state index < -0.39 is 0 Å². The summed E-state index contributed by atoms with van der Waals surface area (Å²) in [5, 5.41) is 34.9. The van der Waals surface area contributed by atoms with Crippen LogP contribution in [0.15, 0.2) is 148 Å². The smallest absolute Gasteiger partial charge is 0.323 e. The van der Waals surface area contributed by atoms with Crippen LogP contribution in [0.4, 0.5) is 22.7 Å². The first kappa shape index (κ1) is 51.6. The summed E-state index contributed by atoms with van der Waals surface area (Å²) in [6.45, 7) is 6.31. The molecule has 0 amide bonds. The lowest BCUT2D eigenvalue weighted by atomic mass is 10.1. The summed E-state index contributed by atoms with van der Waals surface area (Å²) in [6, 6.07) is 41.9. The van der Waals surface area contributed by atoms with Crippen LogP contribution in [0.5, 0.6) is 23.5 Å². The van der Waals surface area contributed by atoms with Gasteiger partial charge in [0.05, 0.1) is 72.4 Å². The van der Waals surface area contributed by atoms with Crippen LogP contribution in [-0.4, -0.2) is 41.4 Å². The van der Waals surface area contributed by atoms with E-state index in [0.29, 0.717) is 66.8 Å². The number of hydrogen-bond acceptors (Lipinski definition) is 13. The number of ether oxygens (including phenoxy) is 4. The maximum absolute atomic E-state index is 8.94. The molecule has 0 N–H and O–H groups in total. The Morgan fingerprint density at radius 1 is 0.386 bits per heavy atom. The van der Waals surface area contributed by atoms with Crippen LogP contribution in [0.1, 0.15) is 119 Å². The third kappa shape index (κ3) is 19.4. The van der Waals surface area contributed by atoms with E-state index >= 15 is 0 Å². The molecule has 0 spiro atoms. The van der Waals surface area contributed by atoms with E-state index in [4.69, 9.17) is 29.5 Å². The minimum atomic E-state index is 0.291. The highest BCUT2D eigenvalue weighted by Crippen LogP contribution is 2.25. The highest BCUT2D eigenvalue weighted by atomic mass is 16.5. The fraction of sp³-hybridized carbons (Fsp3) is 0.351. The van der Waals surface area contributed by atoms with Gasteiger partial charge in [-0.2, -0.15) is 40.9 Å². The van der Waals surface area contributed by atoms with Crippen LogP contribution in [-0.2, 0) is 0 Å². The van der Waals surface area contributed by atoms with Crippen molar-refractivity contribution in [3.8, 4) is 47.0 Å². The fourth-order valence-electron chi connectivity index (χ4n) is 7.26. The number of benzene rings is 5. The van der Waals surface area contributed by atoms with Gasteiger partial charge in [0.1, 0.15) is 11.5 Å². The molecular weight excluding hydrogens is 875 g/mol. The Kier molecular flexibility index (Phi) is 22.5. The molecule has 1 heterocycles. The zero-order valence-electron chi connectivity index (χ0n) is 40.1. The van der Waals surface area contributed by atoms with Gasteiger partial charge in [-0.25, -0.2) is 0 Å². The molecule has 0 bridgehead atoms. The Labute approximate surface area is 413 Å². The van der Waals surface area contributed by atoms with Crippen molar-refractivity contribution in [2.24, 2.45) is 20.5 Å². The average Bonchev–Trinajstić information content (AvgIpc) is 3.41. The Morgan fingerprint density at radius 3 is 1.03 bits per heavy atom. The van der Waals surface area contributed by atoms with Gasteiger partial charge in [-0.05, 0) is 128 Å². The molecule has 0 saturated carbocycles. The normalized spacial score (nSPS) is 11.1. The van der Waals surface area contributed by atoms with Gasteiger partial charge in [-0.15, -0.1) is 4.98 Å². The van der Waals surface area contributed by atoms with Crippen LogP contribution in [0, 0.1) is 22.7 Å². The van der Waals surface area contributed by atoms with E-state index in [0.717, 1.165) is 98.2 Å². The van der Waals surface area contributed by atoms with Crippen LogP contribution in [0.25, 0.3) is 17.5 Å². The second kappa shape index (κ2) is 30.6. The molecule has 1 aromatic heterocycles. The van der Waals surface area contributed by atoms with Gasteiger partial charge in [0.25, 0.3) is 0 Å². The predicted molar refractivity (Wildman–Crippen MR) is 275 cm³/mol. The van der Waals surface area contributed by atoms with Crippen molar-refractivity contribution < 1.29 is 18.9 Å². The molecule has 0 aliphatic heterocycles. The third-order valence-corrected chi connectivity index (χ3v) is 11.3. The topological polar surface area (TPSA) is 173 Å². The summed E-state index contributed by atoms with van der Waals surface area (Å²) in [7, 11) is 0. The molecule has 0 aliphatic carbocycles. The van der Waals surface area contributed by atoms with Gasteiger partial charge in [-0.1, -0.05) is 114 Å². The van der Waals surface area contributed by atoms with Gasteiger partial charge in [0.2, 0.25) is 0 Å². The second-order valence-electron chi connectivity index (χ2n) is 16.8. The highest BCUT2D eigenvalue weighted by Gasteiger charge is 2.12. The first-order valence-corrected chi connectivity index (χ1v) is 24.6. The molecule has 360 valence electrons. The summed E-state index contributed by atoms with van der Waals surface area (Å²) in [6.07, 6.45) is 19.6. The van der Waals surface area contributed by atoms with Crippen molar-refractivity contribution in [3.63, 3.8) is 0 Å². The summed E-state index contributed by atoms with van der Waals surface area (Å²) in [5.74, 6) is 2.18. The van der Waals surface area contributed by atoms with Crippen LogP contribution < -0.4 is 18.9 Å². The molecule has 6 rings (SSSR count). The van der Waals surface area contributed by atoms with Gasteiger partial charge < -0.3 is 18.9 Å². The number of hydrogen-bond donors (Lipinski definition) is 0. The minimum Gasteiger partial charge on any atom is -0.494 e. The first-order valence-electron chi connectivity index (χ1n) is 24.6. The Morgan fingerprint density at radius 2 is 0.700 bits per heavy atom. The summed E-state index contributed by atoms with van der Waals surface area (Å²) < 4.78 is 24.0. The molecule has 0 saturated heterocycles. The zero-order valence-corrected chi connectivity index (χ0v) is 40.1. The van der Waals surface area contributed by atoms with Gasteiger partial charge in [0.15, 0.2) is 5.82 Å². The molecule has 0 aliphatic rings. The molecule has 0 radical (unpaired) electrons. The summed E-state index contributed by atoms with van der Waals surface area (Å²) in [4.78, 5) is 13.8. The van der Waals surface area contributed by atoms with Crippen molar-refractivity contribution in [3.05, 3.63) is 145 Å². The lowest BCUT2D eigenvalue weighted by Gasteiger charge is -2.10. The number of azo groups is 2. The molecule has 13 heteroatoms. The lowest BCUT2D eigenvalue weighted by Crippen LogP contribution is -2.07. The largest absolute Gasteiger partial charge is 0.494 e. The number of nitriles is 2. The van der Waals surface area contributed by atoms with Gasteiger partial charge in [-0.3, -0.25) is 0 Å². The van der Waals surface area contributed by atoms with Gasteiger partial charge in [0, 0.05) is 5.56 Å². The lowest BCUT2D eigenvalue weighted by molar-refractivity contribution is 0.253. The third-order valence-electron chi connectivity index (χ3n) is 11.3. The summed E-state index contributed by atoms with van der Waals surface area (Å²) >= 11 is 0. The van der Waals surface area contributed by atoms with E-state index in [-0.39, 0.29) is 0 Å². The first-order chi connectivity index (χ1) is 34.6. The van der Waals surface area contributed by atoms with E-state index in [1.165, 1.54) is 38.5 Å². The van der Waals surface area contributed by atoms with E-state index in [2.05, 4.69) is 54.1 Å². The van der Waals surface area contributed by atoms with Crippen molar-refractivity contribution in [2.45, 2.75) is 103 Å². The highest BCUT2D eigenvalue weighted by molar-refractivity contribution is 5.59. The molecule has 13 nitrogen and oxygen atoms in total. The van der Waals surface area contributed by atoms with Crippen LogP contribution in [0.2, 0.25) is 0 Å². The summed E-state index contributed by atoms with van der Waals surface area (Å²) in [5.41, 5.74) is 5.97. The van der Waals surface area contributed by atoms with E-state index in [9.17, 15) is 0 Å². The SMILES string of the molecule is C=Cc1ccc(-c2nc(OCCCCCCCCCCOc3ccc(N=Nc4ccc(C#N)cc4)cc3)nc(OCCCCCCCCCCOc3ccc(N=Nc4ccc(C#N)cc4)cc3)n2)cc1. The average molecular weight is 938 g/mol. The van der Waals surface area contributed by atoms with E-state index in [1.807, 2.05) is 78.9 Å². The molecule has 0 atom stereocenters. The molecule has 0 fully saturated rings. The van der Waals surface area contributed by atoms with Gasteiger partial charge >= 0.3 is 12.0 Å². The zero-order chi connectivity index (χ0) is 48.7. The van der Waals surface area contributed by atoms with Crippen molar-refractivity contribution >= 4 is 28.8 Å². The van der Waals surface area contributed by atoms with E-state index in [1.54, 1.807) is 48.5 Å². The Hall–Kier alpha value is -7.77. The van der Waals surface area contributed by atoms with Crippen LogP contribution >= 0.6 is 0 Å². The Bertz CT molecular complexity index is 2430. The number of unbranched alkanes of at least 4 members (excludes halogenated alkanes) is 14. The minimum absolute atomic E-state index is 0.291. The molecule has 0 unspecified atom stereocenters. The molecule has 5 aromatic carbocycles. The maximum Gasteiger partial charge on any atom is 0.323 e. The van der Waals surface area contributed by atoms with Crippen molar-refractivity contribution in [1.29, 1.82) is 10.5 Å². The monoisotopic (exact) mass is 938 g/mol.